The number of hydrogen-bond donors (Lipinski definition) is 5. The number of carboxylic acid groups (broad SMARTS) is 1. The van der Waals surface area contributed by atoms with Crippen LogP contribution < -0.4 is 15.0 Å². The van der Waals surface area contributed by atoms with Gasteiger partial charge in [-0.05, 0) is 35.9 Å². The summed E-state index contributed by atoms with van der Waals surface area (Å²) in [5.41, 5.74) is 1.45. The van der Waals surface area contributed by atoms with E-state index in [0.29, 0.717) is 5.56 Å². The maximum atomic E-state index is 13.2. The average Bonchev–Trinajstić information content (AvgIpc) is 3.59. The lowest BCUT2D eigenvalue weighted by atomic mass is 9.99. The highest BCUT2D eigenvalue weighted by molar-refractivity contribution is 5.90. The van der Waals surface area contributed by atoms with E-state index >= 15 is 0 Å². The van der Waals surface area contributed by atoms with Gasteiger partial charge >= 0.3 is 11.9 Å². The number of aliphatic carboxylic acids is 1. The molecule has 44 heavy (non-hydrogen) atoms. The molecule has 0 spiro atoms. The highest BCUT2D eigenvalue weighted by Gasteiger charge is 2.48. The quantitative estimate of drug-likeness (QED) is 0.120. The highest BCUT2D eigenvalue weighted by Crippen LogP contribution is 2.29. The smallest absolute Gasteiger partial charge is 0.317 e. The Morgan fingerprint density at radius 1 is 1.02 bits per heavy atom. The Morgan fingerprint density at radius 2 is 1.82 bits per heavy atom. The normalized spacial score (nSPS) is 21.7. The number of phenolic OH excluding ortho intramolecular Hbond substituents is 1. The van der Waals surface area contributed by atoms with Crippen LogP contribution in [-0.4, -0.2) is 79.4 Å². The number of fused-ring (bicyclic) bond motifs is 2. The summed E-state index contributed by atoms with van der Waals surface area (Å²) < 4.78 is 23.9. The van der Waals surface area contributed by atoms with Crippen LogP contribution in [0.15, 0.2) is 82.6 Å². The van der Waals surface area contributed by atoms with Gasteiger partial charge in [-0.1, -0.05) is 12.1 Å². The Hall–Kier alpha value is -5.31. The standard InChI is InChI=1S/C30H26N2O12/c33-17-3-1-15(2-4-17)20-13-40-22-9-18(5-6-19(22)26(20)37)42-30-29(44-32-11-16-7-8-31-21(16)12-32)28(39)27(38)23(43-30)14-41-25(36)10-24(34)35/h1-9,11-13,23,27-31,33,38-39H,10,14H2,(H,34,35). The number of esters is 1. The largest absolute Gasteiger partial charge is 0.508 e. The van der Waals surface area contributed by atoms with Crippen LogP contribution in [0, 0.1) is 0 Å². The number of nitrogens with zero attached hydrogens (tertiary/aromatic N) is 1. The van der Waals surface area contributed by atoms with Crippen molar-refractivity contribution in [3.05, 3.63) is 83.6 Å². The number of rotatable bonds is 9. The number of benzene rings is 2. The molecule has 1 aliphatic heterocycles. The molecule has 5 N–H and O–H groups in total. The fraction of sp³-hybridized carbons (Fsp3) is 0.233. The van der Waals surface area contributed by atoms with Gasteiger partial charge in [0.2, 0.25) is 12.4 Å². The molecular weight excluding hydrogens is 580 g/mol. The Balaban J connectivity index is 1.27. The van der Waals surface area contributed by atoms with E-state index in [4.69, 9.17) is 28.6 Å². The molecule has 0 radical (unpaired) electrons. The van der Waals surface area contributed by atoms with Crippen LogP contribution in [0.1, 0.15) is 6.42 Å². The molecule has 0 amide bonds. The minimum absolute atomic E-state index is 0.0561. The molecule has 3 aromatic heterocycles. The van der Waals surface area contributed by atoms with Crippen molar-refractivity contribution < 1.29 is 53.5 Å². The third-order valence-corrected chi connectivity index (χ3v) is 7.10. The van der Waals surface area contributed by atoms with E-state index in [2.05, 4.69) is 4.98 Å². The number of carbonyl (C=O) groups is 2. The van der Waals surface area contributed by atoms with Crippen LogP contribution in [0.25, 0.3) is 33.0 Å². The summed E-state index contributed by atoms with van der Waals surface area (Å²) in [4.78, 5) is 44.7. The summed E-state index contributed by atoms with van der Waals surface area (Å²) in [6.45, 7) is -0.573. The molecule has 0 aliphatic carbocycles. The first-order chi connectivity index (χ1) is 21.2. The second-order valence-corrected chi connectivity index (χ2v) is 10.1. The lowest BCUT2D eigenvalue weighted by Crippen LogP contribution is -2.63. The second-order valence-electron chi connectivity index (χ2n) is 10.1. The zero-order valence-electron chi connectivity index (χ0n) is 22.7. The molecule has 2 aromatic carbocycles. The Labute approximate surface area is 247 Å². The van der Waals surface area contributed by atoms with E-state index in [0.717, 1.165) is 10.9 Å². The number of carboxylic acids is 1. The van der Waals surface area contributed by atoms with Crippen LogP contribution in [0.2, 0.25) is 0 Å². The molecule has 14 nitrogen and oxygen atoms in total. The minimum atomic E-state index is -1.61. The van der Waals surface area contributed by atoms with Gasteiger partial charge in [0.15, 0.2) is 5.43 Å². The van der Waals surface area contributed by atoms with Crippen molar-refractivity contribution in [3.8, 4) is 22.6 Å². The monoisotopic (exact) mass is 606 g/mol. The van der Waals surface area contributed by atoms with Gasteiger partial charge in [-0.25, -0.2) is 0 Å². The van der Waals surface area contributed by atoms with Crippen LogP contribution in [0.3, 0.4) is 0 Å². The fourth-order valence-electron chi connectivity index (χ4n) is 4.88. The molecule has 5 aromatic rings. The van der Waals surface area contributed by atoms with Gasteiger partial charge in [0, 0.05) is 17.6 Å². The van der Waals surface area contributed by atoms with Gasteiger partial charge in [-0.2, -0.15) is 4.73 Å². The summed E-state index contributed by atoms with van der Waals surface area (Å²) in [6.07, 6.45) is -1.84. The van der Waals surface area contributed by atoms with Gasteiger partial charge in [-0.15, -0.1) is 0 Å². The molecule has 6 rings (SSSR count). The molecule has 5 atom stereocenters. The zero-order valence-corrected chi connectivity index (χ0v) is 22.7. The lowest BCUT2D eigenvalue weighted by Gasteiger charge is -2.41. The van der Waals surface area contributed by atoms with Crippen LogP contribution in [0.5, 0.6) is 11.5 Å². The van der Waals surface area contributed by atoms with Gasteiger partial charge in [0.1, 0.15) is 54.7 Å². The van der Waals surface area contributed by atoms with E-state index in [1.807, 2.05) is 6.07 Å². The summed E-state index contributed by atoms with van der Waals surface area (Å²) in [6, 6.07) is 12.3. The lowest BCUT2D eigenvalue weighted by molar-refractivity contribution is -0.288. The first-order valence-electron chi connectivity index (χ1n) is 13.4. The van der Waals surface area contributed by atoms with E-state index in [1.54, 1.807) is 30.7 Å². The number of H-pyrrole nitrogens is 1. The van der Waals surface area contributed by atoms with Crippen LogP contribution in [0.4, 0.5) is 0 Å². The number of aliphatic hydroxyl groups excluding tert-OH is 2. The topological polar surface area (TPSA) is 203 Å². The predicted molar refractivity (Wildman–Crippen MR) is 151 cm³/mol. The number of aromatic hydroxyl groups is 1. The van der Waals surface area contributed by atoms with Gasteiger partial charge in [0.05, 0.1) is 28.9 Å². The maximum Gasteiger partial charge on any atom is 0.317 e. The molecule has 5 unspecified atom stereocenters. The van der Waals surface area contributed by atoms with Crippen molar-refractivity contribution in [2.24, 2.45) is 0 Å². The number of aliphatic hydroxyl groups is 2. The number of phenols is 1. The predicted octanol–water partition coefficient (Wildman–Crippen LogP) is 1.79. The van der Waals surface area contributed by atoms with Crippen molar-refractivity contribution in [1.29, 1.82) is 0 Å². The van der Waals surface area contributed by atoms with Gasteiger partial charge in [0.25, 0.3) is 0 Å². The van der Waals surface area contributed by atoms with Gasteiger partial charge in [-0.3, -0.25) is 14.4 Å². The Morgan fingerprint density at radius 3 is 2.57 bits per heavy atom. The number of aromatic amines is 1. The summed E-state index contributed by atoms with van der Waals surface area (Å²) in [5, 5.41) is 41.3. The number of carbonyl (C=O) groups excluding carboxylic acids is 1. The summed E-state index contributed by atoms with van der Waals surface area (Å²) in [5.74, 6) is -2.24. The van der Waals surface area contributed by atoms with Crippen molar-refractivity contribution in [3.63, 3.8) is 0 Å². The average molecular weight is 607 g/mol. The molecule has 1 aliphatic rings. The fourth-order valence-corrected chi connectivity index (χ4v) is 4.88. The molecule has 228 valence electrons. The van der Waals surface area contributed by atoms with Crippen LogP contribution in [-0.2, 0) is 19.1 Å². The molecule has 0 bridgehead atoms. The van der Waals surface area contributed by atoms with Crippen molar-refractivity contribution in [1.82, 2.24) is 9.71 Å². The number of nitrogens with one attached hydrogen (secondary N) is 1. The summed E-state index contributed by atoms with van der Waals surface area (Å²) >= 11 is 0. The van der Waals surface area contributed by atoms with E-state index in [9.17, 15) is 29.7 Å². The molecular formula is C30H26N2O12. The van der Waals surface area contributed by atoms with Gasteiger partial charge < -0.3 is 48.9 Å². The molecule has 4 heterocycles. The first-order valence-corrected chi connectivity index (χ1v) is 13.4. The molecule has 0 saturated carbocycles. The zero-order chi connectivity index (χ0) is 31.0. The SMILES string of the molecule is O=C(O)CC(=O)OCC1OC(Oc2ccc3c(=O)c(-c4ccc(O)cc4)coc3c2)C(On2cc3cc[nH]c3c2)C(O)C1O. The number of hydrogen-bond acceptors (Lipinski definition) is 11. The minimum Gasteiger partial charge on any atom is -0.508 e. The second kappa shape index (κ2) is 11.8. The third kappa shape index (κ3) is 5.81. The number of ether oxygens (including phenoxy) is 3. The third-order valence-electron chi connectivity index (χ3n) is 7.10. The Bertz CT molecular complexity index is 1850. The highest BCUT2D eigenvalue weighted by atomic mass is 16.7. The first kappa shape index (κ1) is 28.8. The Kier molecular flexibility index (Phi) is 7.69. The molecule has 14 heteroatoms. The van der Waals surface area contributed by atoms with E-state index in [-0.39, 0.29) is 33.5 Å². The van der Waals surface area contributed by atoms with E-state index < -0.39 is 55.7 Å². The van der Waals surface area contributed by atoms with Crippen molar-refractivity contribution in [2.75, 3.05) is 6.61 Å². The van der Waals surface area contributed by atoms with Crippen molar-refractivity contribution >= 4 is 33.8 Å². The van der Waals surface area contributed by atoms with Crippen LogP contribution >= 0.6 is 0 Å². The summed E-state index contributed by atoms with van der Waals surface area (Å²) in [7, 11) is 0. The maximum absolute atomic E-state index is 13.2. The number of aromatic nitrogens is 2. The molecule has 1 fully saturated rings. The van der Waals surface area contributed by atoms with E-state index in [1.165, 1.54) is 41.3 Å². The van der Waals surface area contributed by atoms with Crippen molar-refractivity contribution in [2.45, 2.75) is 37.1 Å². The molecule has 1 saturated heterocycles.